The van der Waals surface area contributed by atoms with Gasteiger partial charge in [0, 0.05) is 0 Å². The van der Waals surface area contributed by atoms with Crippen molar-refractivity contribution in [3.05, 3.63) is 36.5 Å². The molecule has 1 nitrogen and oxygen atoms in total. The Labute approximate surface area is 128 Å². The molecule has 0 spiro atoms. The molecular formula is C19H38O. The zero-order valence-corrected chi connectivity index (χ0v) is 14.8. The van der Waals surface area contributed by atoms with Crippen LogP contribution in [0.25, 0.3) is 0 Å². The van der Waals surface area contributed by atoms with Crippen LogP contribution in [0.15, 0.2) is 36.5 Å². The van der Waals surface area contributed by atoms with Crippen molar-refractivity contribution in [3.8, 4) is 0 Å². The fourth-order valence-corrected chi connectivity index (χ4v) is 1.71. The molecule has 0 rings (SSSR count). The summed E-state index contributed by atoms with van der Waals surface area (Å²) in [5.74, 6) is 0. The molecule has 0 aromatic heterocycles. The van der Waals surface area contributed by atoms with E-state index in [0.29, 0.717) is 0 Å². The van der Waals surface area contributed by atoms with Gasteiger partial charge in [0.2, 0.25) is 0 Å². The van der Waals surface area contributed by atoms with E-state index in [9.17, 15) is 5.11 Å². The number of allylic oxidation sites excluding steroid dienone is 3. The Kier molecular flexibility index (Phi) is 28.2. The van der Waals surface area contributed by atoms with Gasteiger partial charge in [0.1, 0.15) is 0 Å². The molecule has 1 unspecified atom stereocenters. The summed E-state index contributed by atoms with van der Waals surface area (Å²) in [5.41, 5.74) is 0.966. The van der Waals surface area contributed by atoms with Gasteiger partial charge in [-0.15, -0.1) is 0 Å². The standard InChI is InChI=1S/C15H26O.2C2H6/c1-4-7-8-9-10-13-15(16)14(11-5-2)12-6-3;2*1-2/h5-6,11-12,15-16H,2,4,7-10,13H2,1,3H3;2*1-2H3/b12-6-,14-11+;;. The Morgan fingerprint density at radius 2 is 1.60 bits per heavy atom. The Bertz CT molecular complexity index is 226. The monoisotopic (exact) mass is 282 g/mol. The van der Waals surface area contributed by atoms with Gasteiger partial charge < -0.3 is 5.11 Å². The molecule has 1 heteroatoms. The number of aliphatic hydroxyl groups is 1. The number of unbranched alkanes of at least 4 members (excludes halogenated alkanes) is 4. The van der Waals surface area contributed by atoms with Crippen LogP contribution in [-0.4, -0.2) is 11.2 Å². The summed E-state index contributed by atoms with van der Waals surface area (Å²) in [7, 11) is 0. The van der Waals surface area contributed by atoms with E-state index in [0.717, 1.165) is 18.4 Å². The van der Waals surface area contributed by atoms with Crippen molar-refractivity contribution >= 4 is 0 Å². The minimum absolute atomic E-state index is 0.337. The molecule has 0 aliphatic rings. The second-order valence-corrected chi connectivity index (χ2v) is 4.12. The number of hydrogen-bond acceptors (Lipinski definition) is 1. The largest absolute Gasteiger partial charge is 0.388 e. The van der Waals surface area contributed by atoms with Crippen molar-refractivity contribution in [1.29, 1.82) is 0 Å². The van der Waals surface area contributed by atoms with E-state index in [1.54, 1.807) is 6.08 Å². The SMILES string of the molecule is C=C/C=C(\C=C/C)C(O)CCCCCCC.CC.CC. The number of hydrogen-bond donors (Lipinski definition) is 1. The van der Waals surface area contributed by atoms with Crippen LogP contribution in [0.3, 0.4) is 0 Å². The molecule has 0 saturated carbocycles. The van der Waals surface area contributed by atoms with Crippen LogP contribution in [0.2, 0.25) is 0 Å². The van der Waals surface area contributed by atoms with E-state index < -0.39 is 0 Å². The Morgan fingerprint density at radius 3 is 2.05 bits per heavy atom. The van der Waals surface area contributed by atoms with Gasteiger partial charge in [0.15, 0.2) is 0 Å². The lowest BCUT2D eigenvalue weighted by Crippen LogP contribution is -2.08. The van der Waals surface area contributed by atoms with Crippen molar-refractivity contribution in [1.82, 2.24) is 0 Å². The minimum atomic E-state index is -0.337. The van der Waals surface area contributed by atoms with Gasteiger partial charge in [-0.25, -0.2) is 0 Å². The van der Waals surface area contributed by atoms with Crippen molar-refractivity contribution < 1.29 is 5.11 Å². The van der Waals surface area contributed by atoms with Crippen LogP contribution < -0.4 is 0 Å². The fourth-order valence-electron chi connectivity index (χ4n) is 1.71. The van der Waals surface area contributed by atoms with Crippen molar-refractivity contribution in [2.24, 2.45) is 0 Å². The average Bonchev–Trinajstić information content (AvgIpc) is 2.50. The Hall–Kier alpha value is -0.820. The Balaban J connectivity index is -0.000000656. The van der Waals surface area contributed by atoms with Crippen molar-refractivity contribution in [3.63, 3.8) is 0 Å². The molecule has 0 aliphatic heterocycles. The first-order valence-corrected chi connectivity index (χ1v) is 8.39. The molecule has 0 aliphatic carbocycles. The molecule has 0 bridgehead atoms. The first-order valence-electron chi connectivity index (χ1n) is 8.39. The predicted molar refractivity (Wildman–Crippen MR) is 95.2 cm³/mol. The quantitative estimate of drug-likeness (QED) is 0.380. The molecule has 0 radical (unpaired) electrons. The lowest BCUT2D eigenvalue weighted by molar-refractivity contribution is 0.199. The average molecular weight is 283 g/mol. The second-order valence-electron chi connectivity index (χ2n) is 4.12. The molecule has 0 aromatic rings. The molecule has 1 N–H and O–H groups in total. The van der Waals surface area contributed by atoms with Gasteiger partial charge in [0.05, 0.1) is 6.10 Å². The maximum Gasteiger partial charge on any atom is 0.0789 e. The minimum Gasteiger partial charge on any atom is -0.388 e. The first-order chi connectivity index (χ1) is 9.76. The normalized spacial score (nSPS) is 12.1. The molecule has 20 heavy (non-hydrogen) atoms. The Morgan fingerprint density at radius 1 is 1.05 bits per heavy atom. The maximum absolute atomic E-state index is 9.96. The van der Waals surface area contributed by atoms with E-state index in [4.69, 9.17) is 0 Å². The summed E-state index contributed by atoms with van der Waals surface area (Å²) in [6.07, 6.45) is 14.2. The smallest absolute Gasteiger partial charge is 0.0789 e. The number of rotatable bonds is 9. The summed E-state index contributed by atoms with van der Waals surface area (Å²) < 4.78 is 0. The van der Waals surface area contributed by atoms with Crippen LogP contribution >= 0.6 is 0 Å². The summed E-state index contributed by atoms with van der Waals surface area (Å²) in [5, 5.41) is 9.96. The van der Waals surface area contributed by atoms with E-state index in [1.807, 2.05) is 52.8 Å². The van der Waals surface area contributed by atoms with E-state index >= 15 is 0 Å². The molecule has 0 aromatic carbocycles. The van der Waals surface area contributed by atoms with Gasteiger partial charge >= 0.3 is 0 Å². The zero-order chi connectivity index (χ0) is 16.2. The lowest BCUT2D eigenvalue weighted by atomic mass is 10.0. The number of aliphatic hydroxyl groups excluding tert-OH is 1. The maximum atomic E-state index is 9.96. The molecule has 0 saturated heterocycles. The van der Waals surface area contributed by atoms with Crippen LogP contribution in [-0.2, 0) is 0 Å². The molecule has 1 atom stereocenters. The van der Waals surface area contributed by atoms with Crippen LogP contribution in [0.5, 0.6) is 0 Å². The van der Waals surface area contributed by atoms with Gasteiger partial charge in [0.25, 0.3) is 0 Å². The van der Waals surface area contributed by atoms with Crippen molar-refractivity contribution in [2.75, 3.05) is 0 Å². The first kappa shape index (κ1) is 24.2. The highest BCUT2D eigenvalue weighted by atomic mass is 16.3. The highest BCUT2D eigenvalue weighted by molar-refractivity contribution is 5.26. The third-order valence-corrected chi connectivity index (χ3v) is 2.64. The van der Waals surface area contributed by atoms with Crippen molar-refractivity contribution in [2.45, 2.75) is 86.2 Å². The molecule has 0 heterocycles. The van der Waals surface area contributed by atoms with E-state index in [1.165, 1.54) is 25.7 Å². The molecule has 0 amide bonds. The van der Waals surface area contributed by atoms with Crippen LogP contribution in [0.1, 0.15) is 80.1 Å². The van der Waals surface area contributed by atoms with E-state index in [-0.39, 0.29) is 6.10 Å². The zero-order valence-electron chi connectivity index (χ0n) is 14.8. The highest BCUT2D eigenvalue weighted by Crippen LogP contribution is 2.14. The fraction of sp³-hybridized carbons (Fsp3) is 0.684. The molecule has 0 fully saturated rings. The molecular weight excluding hydrogens is 244 g/mol. The predicted octanol–water partition coefficient (Wildman–Crippen LogP) is 6.45. The van der Waals surface area contributed by atoms with E-state index in [2.05, 4.69) is 13.5 Å². The van der Waals surface area contributed by atoms with Gasteiger partial charge in [-0.1, -0.05) is 97.6 Å². The topological polar surface area (TPSA) is 20.2 Å². The highest BCUT2D eigenvalue weighted by Gasteiger charge is 2.06. The summed E-state index contributed by atoms with van der Waals surface area (Å²) in [6.45, 7) is 15.8. The lowest BCUT2D eigenvalue weighted by Gasteiger charge is -2.11. The summed E-state index contributed by atoms with van der Waals surface area (Å²) in [6, 6.07) is 0. The summed E-state index contributed by atoms with van der Waals surface area (Å²) in [4.78, 5) is 0. The third-order valence-electron chi connectivity index (χ3n) is 2.64. The summed E-state index contributed by atoms with van der Waals surface area (Å²) >= 11 is 0. The van der Waals surface area contributed by atoms with Gasteiger partial charge in [-0.05, 0) is 18.9 Å². The van der Waals surface area contributed by atoms with Crippen LogP contribution in [0.4, 0.5) is 0 Å². The third kappa shape index (κ3) is 17.2. The van der Waals surface area contributed by atoms with Gasteiger partial charge in [-0.3, -0.25) is 0 Å². The van der Waals surface area contributed by atoms with Crippen LogP contribution in [0, 0.1) is 0 Å². The molecule has 120 valence electrons. The van der Waals surface area contributed by atoms with Gasteiger partial charge in [-0.2, -0.15) is 0 Å². The second kappa shape index (κ2) is 23.3.